The second-order valence-corrected chi connectivity index (χ2v) is 6.69. The molecule has 0 bridgehead atoms. The monoisotopic (exact) mass is 352 g/mol. The first-order valence-electron chi connectivity index (χ1n) is 7.08. The van der Waals surface area contributed by atoms with Crippen LogP contribution in [0.4, 0.5) is 5.13 Å². The zero-order chi connectivity index (χ0) is 16.2. The van der Waals surface area contributed by atoms with Gasteiger partial charge in [0.25, 0.3) is 11.8 Å². The standard InChI is InChI=1S/C14H16N4O3S2/c1-9-11(23-14(15-9)18-3-5-21-6-4-18)13(20)17-16-12(19)10-2-7-22-8-10/h2,7-8H,3-6H2,1H3,(H,16,19)(H,17,20). The predicted molar refractivity (Wildman–Crippen MR) is 89.1 cm³/mol. The van der Waals surface area contributed by atoms with E-state index in [4.69, 9.17) is 4.74 Å². The van der Waals surface area contributed by atoms with Crippen LogP contribution in [0.25, 0.3) is 0 Å². The number of anilines is 1. The molecular formula is C14H16N4O3S2. The highest BCUT2D eigenvalue weighted by molar-refractivity contribution is 7.17. The number of nitrogens with one attached hydrogen (secondary N) is 2. The summed E-state index contributed by atoms with van der Waals surface area (Å²) < 4.78 is 5.32. The smallest absolute Gasteiger partial charge is 0.281 e. The minimum atomic E-state index is -0.358. The van der Waals surface area contributed by atoms with Gasteiger partial charge in [0.1, 0.15) is 4.88 Å². The molecule has 3 rings (SSSR count). The Kier molecular flexibility index (Phi) is 4.89. The van der Waals surface area contributed by atoms with Crippen LogP contribution in [0, 0.1) is 6.92 Å². The van der Waals surface area contributed by atoms with E-state index in [1.54, 1.807) is 23.8 Å². The minimum Gasteiger partial charge on any atom is -0.378 e. The third-order valence-electron chi connectivity index (χ3n) is 3.35. The van der Waals surface area contributed by atoms with Crippen LogP contribution in [0.3, 0.4) is 0 Å². The number of morpholine rings is 1. The third-order valence-corrected chi connectivity index (χ3v) is 5.25. The summed E-state index contributed by atoms with van der Waals surface area (Å²) in [6, 6.07) is 1.70. The minimum absolute atomic E-state index is 0.338. The van der Waals surface area contributed by atoms with Gasteiger partial charge in [-0.3, -0.25) is 20.4 Å². The van der Waals surface area contributed by atoms with Gasteiger partial charge in [0.05, 0.1) is 24.5 Å². The van der Waals surface area contributed by atoms with Crippen LogP contribution in [-0.4, -0.2) is 43.1 Å². The van der Waals surface area contributed by atoms with Crippen molar-refractivity contribution in [3.8, 4) is 0 Å². The van der Waals surface area contributed by atoms with Crippen LogP contribution in [0.1, 0.15) is 25.7 Å². The normalized spacial score (nSPS) is 14.6. The molecule has 122 valence electrons. The van der Waals surface area contributed by atoms with Crippen molar-refractivity contribution < 1.29 is 14.3 Å². The average Bonchev–Trinajstić information content (AvgIpc) is 3.23. The fourth-order valence-electron chi connectivity index (χ4n) is 2.12. The molecule has 0 saturated carbocycles. The van der Waals surface area contributed by atoms with Gasteiger partial charge < -0.3 is 9.64 Å². The molecule has 1 aliphatic heterocycles. The van der Waals surface area contributed by atoms with Crippen LogP contribution < -0.4 is 15.8 Å². The molecule has 0 atom stereocenters. The molecule has 0 spiro atoms. The molecule has 0 aromatic carbocycles. The predicted octanol–water partition coefficient (Wildman–Crippen LogP) is 1.42. The molecule has 3 heterocycles. The number of hydrazine groups is 1. The van der Waals surface area contributed by atoms with Crippen molar-refractivity contribution >= 4 is 39.6 Å². The fraction of sp³-hybridized carbons (Fsp3) is 0.357. The van der Waals surface area contributed by atoms with Crippen LogP contribution in [0.15, 0.2) is 16.8 Å². The van der Waals surface area contributed by atoms with E-state index in [1.807, 2.05) is 0 Å². The molecule has 1 saturated heterocycles. The first-order chi connectivity index (χ1) is 11.1. The molecule has 0 aliphatic carbocycles. The Hall–Kier alpha value is -1.97. The average molecular weight is 352 g/mol. The fourth-order valence-corrected chi connectivity index (χ4v) is 3.77. The second-order valence-electron chi connectivity index (χ2n) is 4.93. The van der Waals surface area contributed by atoms with Crippen molar-refractivity contribution in [1.29, 1.82) is 0 Å². The zero-order valence-electron chi connectivity index (χ0n) is 12.5. The molecule has 1 fully saturated rings. The van der Waals surface area contributed by atoms with Crippen molar-refractivity contribution in [2.45, 2.75) is 6.92 Å². The maximum Gasteiger partial charge on any atom is 0.281 e. The van der Waals surface area contributed by atoms with E-state index < -0.39 is 0 Å². The number of thiophene rings is 1. The maximum atomic E-state index is 12.2. The number of aryl methyl sites for hydroxylation is 1. The highest BCUT2D eigenvalue weighted by atomic mass is 32.1. The number of thiazole rings is 1. The summed E-state index contributed by atoms with van der Waals surface area (Å²) in [5, 5.41) is 4.33. The molecule has 2 amide bonds. The Morgan fingerprint density at radius 1 is 1.26 bits per heavy atom. The van der Waals surface area contributed by atoms with Gasteiger partial charge in [0.15, 0.2) is 5.13 Å². The molecule has 2 aromatic rings. The number of carbonyl (C=O) groups is 2. The van der Waals surface area contributed by atoms with Crippen LogP contribution in [0.2, 0.25) is 0 Å². The first-order valence-corrected chi connectivity index (χ1v) is 8.84. The topological polar surface area (TPSA) is 83.6 Å². The van der Waals surface area contributed by atoms with Crippen LogP contribution in [0.5, 0.6) is 0 Å². The summed E-state index contributed by atoms with van der Waals surface area (Å²) in [6.45, 7) is 4.65. The lowest BCUT2D eigenvalue weighted by atomic mass is 10.3. The molecule has 7 nitrogen and oxygen atoms in total. The number of hydrogen-bond donors (Lipinski definition) is 2. The van der Waals surface area contributed by atoms with E-state index in [2.05, 4.69) is 20.7 Å². The molecule has 1 aliphatic rings. The number of ether oxygens (including phenoxy) is 1. The van der Waals surface area contributed by atoms with Gasteiger partial charge in [0.2, 0.25) is 0 Å². The Bertz CT molecular complexity index is 693. The van der Waals surface area contributed by atoms with Crippen LogP contribution in [-0.2, 0) is 4.74 Å². The molecule has 2 aromatic heterocycles. The number of hydrogen-bond acceptors (Lipinski definition) is 7. The van der Waals surface area contributed by atoms with E-state index in [1.165, 1.54) is 22.7 Å². The summed E-state index contributed by atoms with van der Waals surface area (Å²) >= 11 is 2.74. The lowest BCUT2D eigenvalue weighted by molar-refractivity contribution is 0.0848. The molecule has 9 heteroatoms. The Labute approximate surface area is 141 Å². The number of rotatable bonds is 3. The van der Waals surface area contributed by atoms with Crippen molar-refractivity contribution in [3.05, 3.63) is 33.0 Å². The van der Waals surface area contributed by atoms with E-state index >= 15 is 0 Å². The maximum absolute atomic E-state index is 12.2. The summed E-state index contributed by atoms with van der Waals surface area (Å²) in [5.41, 5.74) is 6.02. The molecular weight excluding hydrogens is 336 g/mol. The molecule has 23 heavy (non-hydrogen) atoms. The quantitative estimate of drug-likeness (QED) is 0.817. The van der Waals surface area contributed by atoms with Gasteiger partial charge >= 0.3 is 0 Å². The SMILES string of the molecule is Cc1nc(N2CCOCC2)sc1C(=O)NNC(=O)c1ccsc1. The van der Waals surface area contributed by atoms with E-state index in [0.29, 0.717) is 29.3 Å². The third kappa shape index (κ3) is 3.69. The Balaban J connectivity index is 1.63. The van der Waals surface area contributed by atoms with Gasteiger partial charge in [0, 0.05) is 18.5 Å². The lowest BCUT2D eigenvalue weighted by Crippen LogP contribution is -2.41. The van der Waals surface area contributed by atoms with Gasteiger partial charge in [-0.05, 0) is 18.4 Å². The number of aromatic nitrogens is 1. The van der Waals surface area contributed by atoms with Crippen molar-refractivity contribution in [3.63, 3.8) is 0 Å². The van der Waals surface area contributed by atoms with E-state index in [0.717, 1.165) is 18.2 Å². The van der Waals surface area contributed by atoms with Crippen molar-refractivity contribution in [1.82, 2.24) is 15.8 Å². The van der Waals surface area contributed by atoms with Crippen molar-refractivity contribution in [2.75, 3.05) is 31.2 Å². The molecule has 0 radical (unpaired) electrons. The Morgan fingerprint density at radius 2 is 2.00 bits per heavy atom. The van der Waals surface area contributed by atoms with Gasteiger partial charge in [-0.1, -0.05) is 11.3 Å². The number of nitrogens with zero attached hydrogens (tertiary/aromatic N) is 2. The summed E-state index contributed by atoms with van der Waals surface area (Å²) in [5.74, 6) is -0.696. The highest BCUT2D eigenvalue weighted by Gasteiger charge is 2.20. The van der Waals surface area contributed by atoms with E-state index in [9.17, 15) is 9.59 Å². The Morgan fingerprint density at radius 3 is 2.70 bits per heavy atom. The number of carbonyl (C=O) groups excluding carboxylic acids is 2. The summed E-state index contributed by atoms with van der Waals surface area (Å²) in [6.07, 6.45) is 0. The van der Waals surface area contributed by atoms with Gasteiger partial charge in [-0.2, -0.15) is 11.3 Å². The molecule has 2 N–H and O–H groups in total. The second kappa shape index (κ2) is 7.07. The first kappa shape index (κ1) is 15.9. The molecule has 0 unspecified atom stereocenters. The van der Waals surface area contributed by atoms with Crippen molar-refractivity contribution in [2.24, 2.45) is 0 Å². The van der Waals surface area contributed by atoms with Crippen LogP contribution >= 0.6 is 22.7 Å². The largest absolute Gasteiger partial charge is 0.378 e. The zero-order valence-corrected chi connectivity index (χ0v) is 14.1. The van der Waals surface area contributed by atoms with Gasteiger partial charge in [-0.15, -0.1) is 0 Å². The number of amides is 2. The van der Waals surface area contributed by atoms with E-state index in [-0.39, 0.29) is 11.8 Å². The highest BCUT2D eigenvalue weighted by Crippen LogP contribution is 2.26. The summed E-state index contributed by atoms with van der Waals surface area (Å²) in [7, 11) is 0. The lowest BCUT2D eigenvalue weighted by Gasteiger charge is -2.25. The van der Waals surface area contributed by atoms with Gasteiger partial charge in [-0.25, -0.2) is 4.98 Å². The summed E-state index contributed by atoms with van der Waals surface area (Å²) in [4.78, 5) is 31.1.